The number of carbonyl (C=O) groups excluding carboxylic acids is 1. The van der Waals surface area contributed by atoms with Crippen LogP contribution in [-0.2, 0) is 4.79 Å². The smallest absolute Gasteiger partial charge is 0.226 e. The van der Waals surface area contributed by atoms with Crippen LogP contribution in [-0.4, -0.2) is 10.2 Å². The molecule has 4 fully saturated rings. The molecule has 1 N–H and O–H groups in total. The first-order valence-electron chi connectivity index (χ1n) is 8.63. The summed E-state index contributed by atoms with van der Waals surface area (Å²) in [5, 5.41) is 3.99. The van der Waals surface area contributed by atoms with Gasteiger partial charge in [-0.2, -0.15) is 0 Å². The fraction of sp³-hybridized carbons (Fsp3) is 0.632. The molecule has 0 heterocycles. The third-order valence-electron chi connectivity index (χ3n) is 6.19. The predicted octanol–water partition coefficient (Wildman–Crippen LogP) is 5.25. The van der Waals surface area contributed by atoms with Crippen molar-refractivity contribution in [3.05, 3.63) is 34.9 Å². The number of rotatable bonds is 3. The van der Waals surface area contributed by atoms with Gasteiger partial charge in [0, 0.05) is 9.35 Å². The number of benzene rings is 1. The van der Waals surface area contributed by atoms with Gasteiger partial charge in [-0.15, -0.1) is 0 Å². The van der Waals surface area contributed by atoms with Gasteiger partial charge in [-0.3, -0.25) is 4.79 Å². The van der Waals surface area contributed by atoms with Crippen LogP contribution in [0.5, 0.6) is 0 Å². The Hall–Kier alpha value is -0.540. The van der Waals surface area contributed by atoms with E-state index >= 15 is 0 Å². The Kier molecular flexibility index (Phi) is 3.81. The normalized spacial score (nSPS) is 39.3. The number of carbonyl (C=O) groups is 1. The summed E-state index contributed by atoms with van der Waals surface area (Å²) in [7, 11) is 0. The van der Waals surface area contributed by atoms with Crippen molar-refractivity contribution in [1.82, 2.24) is 5.32 Å². The Morgan fingerprint density at radius 2 is 1.91 bits per heavy atom. The van der Waals surface area contributed by atoms with E-state index in [1.165, 1.54) is 19.3 Å². The molecule has 0 radical (unpaired) electrons. The van der Waals surface area contributed by atoms with Gasteiger partial charge in [0.1, 0.15) is 0 Å². The molecule has 4 bridgehead atoms. The first kappa shape index (κ1) is 16.0. The number of alkyl halides is 1. The summed E-state index contributed by atoms with van der Waals surface area (Å²) >= 11 is 10.3. The molecule has 4 aliphatic carbocycles. The molecule has 4 heteroatoms. The topological polar surface area (TPSA) is 29.1 Å². The fourth-order valence-electron chi connectivity index (χ4n) is 5.67. The highest BCUT2D eigenvalue weighted by atomic mass is 79.9. The second kappa shape index (κ2) is 5.49. The van der Waals surface area contributed by atoms with Gasteiger partial charge >= 0.3 is 0 Å². The van der Waals surface area contributed by atoms with Gasteiger partial charge in [-0.25, -0.2) is 0 Å². The largest absolute Gasteiger partial charge is 0.349 e. The highest BCUT2D eigenvalue weighted by Gasteiger charge is 2.59. The number of halogens is 2. The van der Waals surface area contributed by atoms with Crippen LogP contribution in [0.2, 0.25) is 5.02 Å². The Bertz CT molecular complexity index is 632. The van der Waals surface area contributed by atoms with Crippen LogP contribution in [0.4, 0.5) is 0 Å². The van der Waals surface area contributed by atoms with Gasteiger partial charge in [0.2, 0.25) is 5.91 Å². The van der Waals surface area contributed by atoms with Gasteiger partial charge in [0.05, 0.1) is 11.5 Å². The fourth-order valence-corrected chi connectivity index (χ4v) is 7.42. The van der Waals surface area contributed by atoms with E-state index in [0.29, 0.717) is 0 Å². The van der Waals surface area contributed by atoms with Gasteiger partial charge < -0.3 is 5.32 Å². The van der Waals surface area contributed by atoms with Crippen LogP contribution in [0, 0.1) is 17.3 Å². The standard InChI is InChI=1S/C19H23BrClNO/c1-12(15-4-2-3-5-16(15)21)22-17(23)18-7-13-6-14(8-18)10-19(20,9-13)11-18/h2-5,12-14H,6-11H2,1H3,(H,22,23). The molecule has 124 valence electrons. The van der Waals surface area contributed by atoms with Crippen LogP contribution >= 0.6 is 27.5 Å². The Morgan fingerprint density at radius 1 is 1.26 bits per heavy atom. The maximum atomic E-state index is 13.2. The lowest BCUT2D eigenvalue weighted by atomic mass is 9.49. The van der Waals surface area contributed by atoms with Gasteiger partial charge in [0.25, 0.3) is 0 Å². The molecule has 2 nitrogen and oxygen atoms in total. The molecule has 23 heavy (non-hydrogen) atoms. The summed E-state index contributed by atoms with van der Waals surface area (Å²) in [4.78, 5) is 13.2. The first-order chi connectivity index (χ1) is 10.9. The van der Waals surface area contributed by atoms with E-state index in [1.807, 2.05) is 31.2 Å². The summed E-state index contributed by atoms with van der Waals surface area (Å²) in [6.07, 6.45) is 6.95. The van der Waals surface area contributed by atoms with Crippen molar-refractivity contribution in [2.24, 2.45) is 17.3 Å². The van der Waals surface area contributed by atoms with Crippen molar-refractivity contribution in [3.8, 4) is 0 Å². The Morgan fingerprint density at radius 3 is 2.52 bits per heavy atom. The molecule has 0 spiro atoms. The summed E-state index contributed by atoms with van der Waals surface area (Å²) < 4.78 is 0.210. The maximum Gasteiger partial charge on any atom is 0.226 e. The second-order valence-electron chi connectivity index (χ2n) is 8.11. The quantitative estimate of drug-likeness (QED) is 0.694. The van der Waals surface area contributed by atoms with Crippen molar-refractivity contribution in [2.45, 2.75) is 55.8 Å². The van der Waals surface area contributed by atoms with Crippen LogP contribution in [0.25, 0.3) is 0 Å². The summed E-state index contributed by atoms with van der Waals surface area (Å²) in [6, 6.07) is 7.74. The minimum atomic E-state index is -0.164. The minimum absolute atomic E-state index is 0.0459. The number of hydrogen-bond acceptors (Lipinski definition) is 1. The van der Waals surface area contributed by atoms with Crippen molar-refractivity contribution in [1.29, 1.82) is 0 Å². The van der Waals surface area contributed by atoms with E-state index in [4.69, 9.17) is 11.6 Å². The van der Waals surface area contributed by atoms with Crippen molar-refractivity contribution < 1.29 is 4.79 Å². The monoisotopic (exact) mass is 395 g/mol. The molecule has 3 unspecified atom stereocenters. The molecule has 4 saturated carbocycles. The summed E-state index contributed by atoms with van der Waals surface area (Å²) in [5.41, 5.74) is 0.837. The lowest BCUT2D eigenvalue weighted by molar-refractivity contribution is -0.144. The van der Waals surface area contributed by atoms with Crippen LogP contribution in [0.1, 0.15) is 57.1 Å². The maximum absolute atomic E-state index is 13.2. The van der Waals surface area contributed by atoms with E-state index in [2.05, 4.69) is 21.2 Å². The lowest BCUT2D eigenvalue weighted by Gasteiger charge is -2.59. The zero-order chi connectivity index (χ0) is 16.2. The molecule has 4 aliphatic rings. The predicted molar refractivity (Wildman–Crippen MR) is 96.8 cm³/mol. The molecule has 1 amide bonds. The highest BCUT2D eigenvalue weighted by Crippen LogP contribution is 2.64. The summed E-state index contributed by atoms with van der Waals surface area (Å²) in [5.74, 6) is 1.68. The van der Waals surface area contributed by atoms with E-state index in [1.54, 1.807) is 0 Å². The molecule has 0 aromatic heterocycles. The van der Waals surface area contributed by atoms with Crippen LogP contribution in [0.15, 0.2) is 24.3 Å². The molecule has 0 saturated heterocycles. The van der Waals surface area contributed by atoms with E-state index in [0.717, 1.165) is 41.7 Å². The minimum Gasteiger partial charge on any atom is -0.349 e. The van der Waals surface area contributed by atoms with Crippen molar-refractivity contribution in [3.63, 3.8) is 0 Å². The first-order valence-corrected chi connectivity index (χ1v) is 9.81. The number of nitrogens with one attached hydrogen (secondary N) is 1. The van der Waals surface area contributed by atoms with Gasteiger partial charge in [-0.1, -0.05) is 45.7 Å². The van der Waals surface area contributed by atoms with Gasteiger partial charge in [-0.05, 0) is 68.9 Å². The Labute approximate surface area is 151 Å². The molecular weight excluding hydrogens is 374 g/mol. The molecular formula is C19H23BrClNO. The van der Waals surface area contributed by atoms with E-state index in [9.17, 15) is 4.79 Å². The number of amides is 1. The third-order valence-corrected chi connectivity index (χ3v) is 7.46. The average molecular weight is 397 g/mol. The summed E-state index contributed by atoms with van der Waals surface area (Å²) in [6.45, 7) is 2.03. The average Bonchev–Trinajstić information content (AvgIpc) is 2.44. The highest BCUT2D eigenvalue weighted by molar-refractivity contribution is 9.10. The van der Waals surface area contributed by atoms with Crippen LogP contribution in [0.3, 0.4) is 0 Å². The zero-order valence-corrected chi connectivity index (χ0v) is 15.8. The number of hydrogen-bond donors (Lipinski definition) is 1. The van der Waals surface area contributed by atoms with E-state index in [-0.39, 0.29) is 21.7 Å². The van der Waals surface area contributed by atoms with Gasteiger partial charge in [0.15, 0.2) is 0 Å². The lowest BCUT2D eigenvalue weighted by Crippen LogP contribution is -2.58. The Balaban J connectivity index is 1.54. The van der Waals surface area contributed by atoms with Crippen LogP contribution < -0.4 is 5.32 Å². The zero-order valence-electron chi connectivity index (χ0n) is 13.4. The molecule has 0 aliphatic heterocycles. The molecule has 3 atom stereocenters. The van der Waals surface area contributed by atoms with E-state index < -0.39 is 0 Å². The van der Waals surface area contributed by atoms with Crippen molar-refractivity contribution >= 4 is 33.4 Å². The molecule has 1 aromatic carbocycles. The molecule has 5 rings (SSSR count). The second-order valence-corrected chi connectivity index (χ2v) is 10.2. The van der Waals surface area contributed by atoms with Crippen molar-refractivity contribution in [2.75, 3.05) is 0 Å². The molecule has 1 aromatic rings. The third kappa shape index (κ3) is 2.74. The SMILES string of the molecule is CC(NC(=O)C12CC3CC(CC(Br)(C3)C1)C2)c1ccccc1Cl.